The third-order valence-corrected chi connectivity index (χ3v) is 2.75. The number of ether oxygens (including phenoxy) is 2. The molecule has 2 aromatic rings. The minimum atomic E-state index is 0.348. The molecule has 0 atom stereocenters. The van der Waals surface area contributed by atoms with E-state index in [2.05, 4.69) is 5.10 Å². The van der Waals surface area contributed by atoms with Crippen LogP contribution in [0.1, 0.15) is 22.8 Å². The second-order valence-corrected chi connectivity index (χ2v) is 3.99. The first kappa shape index (κ1) is 13.1. The zero-order chi connectivity index (χ0) is 13.7. The van der Waals surface area contributed by atoms with Gasteiger partial charge in [0.1, 0.15) is 6.61 Å². The molecule has 0 saturated carbocycles. The summed E-state index contributed by atoms with van der Waals surface area (Å²) in [5.74, 6) is 1.01. The molecule has 1 aromatic heterocycles. The number of hydrogen-bond donors (Lipinski definition) is 0. The van der Waals surface area contributed by atoms with Crippen molar-refractivity contribution in [2.75, 3.05) is 7.11 Å². The van der Waals surface area contributed by atoms with Gasteiger partial charge in [-0.05, 0) is 19.1 Å². The number of carbonyl (C=O) groups excluding carboxylic acids is 1. The van der Waals surface area contributed by atoms with Crippen LogP contribution in [0.3, 0.4) is 0 Å². The lowest BCUT2D eigenvalue weighted by atomic mass is 10.2. The molecule has 0 fully saturated rings. The largest absolute Gasteiger partial charge is 0.493 e. The van der Waals surface area contributed by atoms with Gasteiger partial charge in [0.15, 0.2) is 17.8 Å². The molecular formula is C14H16N2O3. The molecular weight excluding hydrogens is 244 g/mol. The van der Waals surface area contributed by atoms with Gasteiger partial charge in [-0.25, -0.2) is 0 Å². The summed E-state index contributed by atoms with van der Waals surface area (Å²) in [7, 11) is 1.55. The molecule has 100 valence electrons. The maximum Gasteiger partial charge on any atom is 0.172 e. The van der Waals surface area contributed by atoms with Crippen LogP contribution in [0.2, 0.25) is 0 Å². The zero-order valence-corrected chi connectivity index (χ0v) is 11.0. The fourth-order valence-corrected chi connectivity index (χ4v) is 1.75. The Hall–Kier alpha value is -2.30. The molecule has 0 N–H and O–H groups in total. The van der Waals surface area contributed by atoms with Gasteiger partial charge in [0.25, 0.3) is 0 Å². The Balaban J connectivity index is 2.16. The molecule has 2 rings (SSSR count). The third-order valence-electron chi connectivity index (χ3n) is 2.75. The minimum absolute atomic E-state index is 0.348. The van der Waals surface area contributed by atoms with Crippen molar-refractivity contribution in [2.45, 2.75) is 20.1 Å². The smallest absolute Gasteiger partial charge is 0.172 e. The number of benzene rings is 1. The number of aryl methyl sites for hydroxylation is 1. The summed E-state index contributed by atoms with van der Waals surface area (Å²) in [6, 6.07) is 5.21. The van der Waals surface area contributed by atoms with E-state index in [9.17, 15) is 4.79 Å². The van der Waals surface area contributed by atoms with Crippen LogP contribution >= 0.6 is 0 Å². The second kappa shape index (κ2) is 6.04. The predicted octanol–water partition coefficient (Wildman–Crippen LogP) is 2.30. The first-order chi connectivity index (χ1) is 9.28. The molecule has 0 spiro atoms. The van der Waals surface area contributed by atoms with Crippen LogP contribution < -0.4 is 9.47 Å². The molecule has 0 bridgehead atoms. The number of methoxy groups -OCH3 is 1. The highest BCUT2D eigenvalue weighted by Crippen LogP contribution is 2.30. The minimum Gasteiger partial charge on any atom is -0.493 e. The fraction of sp³-hybridized carbons (Fsp3) is 0.286. The van der Waals surface area contributed by atoms with E-state index in [0.717, 1.165) is 18.4 Å². The fourth-order valence-electron chi connectivity index (χ4n) is 1.75. The van der Waals surface area contributed by atoms with Crippen LogP contribution in [0.5, 0.6) is 11.5 Å². The SMILES string of the molecule is CCn1cc(COc2c(C=O)cccc2OC)cn1. The van der Waals surface area contributed by atoms with Gasteiger partial charge < -0.3 is 9.47 Å². The normalized spacial score (nSPS) is 10.2. The predicted molar refractivity (Wildman–Crippen MR) is 70.6 cm³/mol. The molecule has 5 nitrogen and oxygen atoms in total. The van der Waals surface area contributed by atoms with Gasteiger partial charge in [-0.3, -0.25) is 9.48 Å². The van der Waals surface area contributed by atoms with Crippen molar-refractivity contribution in [3.63, 3.8) is 0 Å². The summed E-state index contributed by atoms with van der Waals surface area (Å²) < 4.78 is 12.7. The van der Waals surface area contributed by atoms with E-state index < -0.39 is 0 Å². The summed E-state index contributed by atoms with van der Waals surface area (Å²) in [5.41, 5.74) is 1.42. The summed E-state index contributed by atoms with van der Waals surface area (Å²) in [6.45, 7) is 3.18. The molecule has 5 heteroatoms. The standard InChI is InChI=1S/C14H16N2O3/c1-3-16-8-11(7-15-16)10-19-14-12(9-17)5-4-6-13(14)18-2/h4-9H,3,10H2,1-2H3. The van der Waals surface area contributed by atoms with E-state index in [1.54, 1.807) is 31.5 Å². The average Bonchev–Trinajstić information content (AvgIpc) is 2.92. The van der Waals surface area contributed by atoms with Gasteiger partial charge in [0.05, 0.1) is 18.9 Å². The quantitative estimate of drug-likeness (QED) is 0.748. The van der Waals surface area contributed by atoms with Gasteiger partial charge in [0.2, 0.25) is 0 Å². The number of aldehydes is 1. The number of hydrogen-bond acceptors (Lipinski definition) is 4. The number of para-hydroxylation sites is 1. The number of rotatable bonds is 6. The Morgan fingerprint density at radius 2 is 2.26 bits per heavy atom. The lowest BCUT2D eigenvalue weighted by molar-refractivity contribution is 0.111. The topological polar surface area (TPSA) is 53.4 Å². The zero-order valence-electron chi connectivity index (χ0n) is 11.0. The summed E-state index contributed by atoms with van der Waals surface area (Å²) >= 11 is 0. The highest BCUT2D eigenvalue weighted by atomic mass is 16.5. The summed E-state index contributed by atoms with van der Waals surface area (Å²) in [4.78, 5) is 11.0. The lowest BCUT2D eigenvalue weighted by Crippen LogP contribution is -2.00. The van der Waals surface area contributed by atoms with Crippen molar-refractivity contribution >= 4 is 6.29 Å². The summed E-state index contributed by atoms with van der Waals surface area (Å²) in [5, 5.41) is 4.17. The molecule has 0 unspecified atom stereocenters. The molecule has 19 heavy (non-hydrogen) atoms. The Morgan fingerprint density at radius 3 is 2.89 bits per heavy atom. The van der Waals surface area contributed by atoms with Gasteiger partial charge in [-0.1, -0.05) is 6.07 Å². The maximum absolute atomic E-state index is 11.0. The highest BCUT2D eigenvalue weighted by Gasteiger charge is 2.10. The third kappa shape index (κ3) is 2.93. The van der Waals surface area contributed by atoms with E-state index in [1.165, 1.54) is 0 Å². The van der Waals surface area contributed by atoms with Crippen molar-refractivity contribution in [3.05, 3.63) is 41.7 Å². The van der Waals surface area contributed by atoms with Gasteiger partial charge >= 0.3 is 0 Å². The van der Waals surface area contributed by atoms with Gasteiger partial charge in [-0.2, -0.15) is 5.10 Å². The average molecular weight is 260 g/mol. The molecule has 1 aromatic carbocycles. The first-order valence-corrected chi connectivity index (χ1v) is 6.04. The molecule has 0 radical (unpaired) electrons. The van der Waals surface area contributed by atoms with Crippen LogP contribution in [-0.2, 0) is 13.2 Å². The Kier molecular flexibility index (Phi) is 4.18. The maximum atomic E-state index is 11.0. The molecule has 0 amide bonds. The monoisotopic (exact) mass is 260 g/mol. The first-order valence-electron chi connectivity index (χ1n) is 6.04. The van der Waals surface area contributed by atoms with E-state index in [0.29, 0.717) is 23.7 Å². The van der Waals surface area contributed by atoms with Crippen LogP contribution in [0.15, 0.2) is 30.6 Å². The van der Waals surface area contributed by atoms with Crippen molar-refractivity contribution in [2.24, 2.45) is 0 Å². The molecule has 0 aliphatic carbocycles. The van der Waals surface area contributed by atoms with Crippen LogP contribution in [0.25, 0.3) is 0 Å². The van der Waals surface area contributed by atoms with Gasteiger partial charge in [0, 0.05) is 18.3 Å². The number of aromatic nitrogens is 2. The number of carbonyl (C=O) groups is 1. The van der Waals surface area contributed by atoms with Gasteiger partial charge in [-0.15, -0.1) is 0 Å². The van der Waals surface area contributed by atoms with Crippen LogP contribution in [-0.4, -0.2) is 23.2 Å². The van der Waals surface area contributed by atoms with Crippen molar-refractivity contribution in [1.82, 2.24) is 9.78 Å². The molecule has 0 aliphatic rings. The van der Waals surface area contributed by atoms with Crippen molar-refractivity contribution < 1.29 is 14.3 Å². The van der Waals surface area contributed by atoms with Crippen LogP contribution in [0.4, 0.5) is 0 Å². The lowest BCUT2D eigenvalue weighted by Gasteiger charge is -2.11. The Labute approximate surface area is 111 Å². The van der Waals surface area contributed by atoms with Crippen molar-refractivity contribution in [3.8, 4) is 11.5 Å². The highest BCUT2D eigenvalue weighted by molar-refractivity contribution is 5.81. The Morgan fingerprint density at radius 1 is 1.42 bits per heavy atom. The number of nitrogens with zero attached hydrogens (tertiary/aromatic N) is 2. The molecule has 1 heterocycles. The van der Waals surface area contributed by atoms with E-state index in [1.807, 2.05) is 17.8 Å². The van der Waals surface area contributed by atoms with E-state index >= 15 is 0 Å². The van der Waals surface area contributed by atoms with E-state index in [4.69, 9.17) is 9.47 Å². The molecule has 0 aliphatic heterocycles. The molecule has 0 saturated heterocycles. The summed E-state index contributed by atoms with van der Waals surface area (Å²) in [6.07, 6.45) is 4.42. The van der Waals surface area contributed by atoms with Crippen LogP contribution in [0, 0.1) is 0 Å². The Bertz CT molecular complexity index is 564. The van der Waals surface area contributed by atoms with Crippen molar-refractivity contribution in [1.29, 1.82) is 0 Å². The van der Waals surface area contributed by atoms with E-state index in [-0.39, 0.29) is 0 Å². The second-order valence-electron chi connectivity index (χ2n) is 3.99.